The van der Waals surface area contributed by atoms with E-state index in [1.807, 2.05) is 0 Å². The highest BCUT2D eigenvalue weighted by Gasteiger charge is 2.15. The molecule has 6 nitrogen and oxygen atoms in total. The first-order valence-corrected chi connectivity index (χ1v) is 5.24. The summed E-state index contributed by atoms with van der Waals surface area (Å²) in [5, 5.41) is 0. The zero-order chi connectivity index (χ0) is 13.1. The molecule has 0 radical (unpaired) electrons. The van der Waals surface area contributed by atoms with Crippen molar-refractivity contribution < 1.29 is 23.8 Å². The molecule has 0 spiro atoms. The topological polar surface area (TPSA) is 65.1 Å². The molecule has 0 aromatic carbocycles. The average Bonchev–Trinajstić information content (AvgIpc) is 2.35. The lowest BCUT2D eigenvalue weighted by atomic mass is 10.4. The molecule has 0 aromatic rings. The van der Waals surface area contributed by atoms with Crippen molar-refractivity contribution in [3.63, 3.8) is 0 Å². The molecule has 0 N–H and O–H groups in total. The Bertz CT molecular complexity index is 254. The Morgan fingerprint density at radius 1 is 1.29 bits per heavy atom. The van der Waals surface area contributed by atoms with Crippen LogP contribution >= 0.6 is 0 Å². The number of hydrogen-bond donors (Lipinski definition) is 0. The standard InChI is InChI=1S/C11H19NO5/c1-4-8-17-11(14)12(7-9-15-2)6-5-10(13)16-3/h4H,1,5-9H2,2-3H3. The molecule has 0 aliphatic heterocycles. The Morgan fingerprint density at radius 2 is 2.00 bits per heavy atom. The quantitative estimate of drug-likeness (QED) is 0.468. The second-order valence-corrected chi connectivity index (χ2v) is 3.17. The van der Waals surface area contributed by atoms with Crippen molar-refractivity contribution in [2.24, 2.45) is 0 Å². The van der Waals surface area contributed by atoms with Crippen molar-refractivity contribution in [1.82, 2.24) is 4.90 Å². The van der Waals surface area contributed by atoms with Crippen LogP contribution in [0.3, 0.4) is 0 Å². The summed E-state index contributed by atoms with van der Waals surface area (Å²) in [6, 6.07) is 0. The molecule has 6 heteroatoms. The number of carbonyl (C=O) groups excluding carboxylic acids is 2. The van der Waals surface area contributed by atoms with Crippen LogP contribution in [-0.4, -0.2) is 57.5 Å². The molecule has 0 bridgehead atoms. The summed E-state index contributed by atoms with van der Waals surface area (Å²) in [6.07, 6.45) is 1.11. The second-order valence-electron chi connectivity index (χ2n) is 3.17. The van der Waals surface area contributed by atoms with Gasteiger partial charge in [0, 0.05) is 20.2 Å². The monoisotopic (exact) mass is 245 g/mol. The number of nitrogens with zero attached hydrogens (tertiary/aromatic N) is 1. The summed E-state index contributed by atoms with van der Waals surface area (Å²) in [4.78, 5) is 23.9. The summed E-state index contributed by atoms with van der Waals surface area (Å²) >= 11 is 0. The fourth-order valence-electron chi connectivity index (χ4n) is 1.05. The maximum atomic E-state index is 11.6. The van der Waals surface area contributed by atoms with E-state index in [1.165, 1.54) is 25.2 Å². The predicted molar refractivity (Wildman–Crippen MR) is 61.6 cm³/mol. The minimum absolute atomic E-state index is 0.128. The number of carbonyl (C=O) groups is 2. The normalized spacial score (nSPS) is 9.53. The van der Waals surface area contributed by atoms with E-state index >= 15 is 0 Å². The number of esters is 1. The van der Waals surface area contributed by atoms with Crippen LogP contribution in [0.15, 0.2) is 12.7 Å². The molecule has 0 rings (SSSR count). The van der Waals surface area contributed by atoms with E-state index in [0.717, 1.165) is 0 Å². The molecule has 0 aliphatic rings. The Kier molecular flexibility index (Phi) is 8.77. The SMILES string of the molecule is C=CCOC(=O)N(CCOC)CCC(=O)OC. The van der Waals surface area contributed by atoms with E-state index in [4.69, 9.17) is 9.47 Å². The summed E-state index contributed by atoms with van der Waals surface area (Å²) in [7, 11) is 2.84. The van der Waals surface area contributed by atoms with Crippen molar-refractivity contribution in [3.05, 3.63) is 12.7 Å². The molecule has 1 amide bonds. The van der Waals surface area contributed by atoms with Gasteiger partial charge in [0.1, 0.15) is 6.61 Å². The lowest BCUT2D eigenvalue weighted by Crippen LogP contribution is -2.36. The van der Waals surface area contributed by atoms with E-state index in [2.05, 4.69) is 11.3 Å². The first-order chi connectivity index (χ1) is 8.15. The van der Waals surface area contributed by atoms with Gasteiger partial charge in [0.15, 0.2) is 0 Å². The molecule has 0 unspecified atom stereocenters. The Balaban J connectivity index is 4.15. The van der Waals surface area contributed by atoms with E-state index in [-0.39, 0.29) is 25.5 Å². The van der Waals surface area contributed by atoms with Crippen LogP contribution < -0.4 is 0 Å². The van der Waals surface area contributed by atoms with Gasteiger partial charge in [0.2, 0.25) is 0 Å². The third-order valence-corrected chi connectivity index (χ3v) is 1.96. The van der Waals surface area contributed by atoms with Crippen molar-refractivity contribution in [1.29, 1.82) is 0 Å². The molecule has 0 heterocycles. The summed E-state index contributed by atoms with van der Waals surface area (Å²) < 4.78 is 14.3. The van der Waals surface area contributed by atoms with Gasteiger partial charge in [-0.05, 0) is 0 Å². The molecule has 0 aliphatic carbocycles. The van der Waals surface area contributed by atoms with Crippen LogP contribution in [0.4, 0.5) is 4.79 Å². The Morgan fingerprint density at radius 3 is 2.53 bits per heavy atom. The van der Waals surface area contributed by atoms with Gasteiger partial charge in [-0.2, -0.15) is 0 Å². The van der Waals surface area contributed by atoms with Gasteiger partial charge in [-0.15, -0.1) is 0 Å². The molecular weight excluding hydrogens is 226 g/mol. The second kappa shape index (κ2) is 9.65. The van der Waals surface area contributed by atoms with Gasteiger partial charge in [0.05, 0.1) is 20.1 Å². The molecule has 0 fully saturated rings. The third kappa shape index (κ3) is 7.35. The van der Waals surface area contributed by atoms with Crippen molar-refractivity contribution in [3.8, 4) is 0 Å². The van der Waals surface area contributed by atoms with Crippen LogP contribution in [-0.2, 0) is 19.0 Å². The van der Waals surface area contributed by atoms with Crippen LogP contribution in [0.1, 0.15) is 6.42 Å². The molecule has 0 saturated heterocycles. The highest BCUT2D eigenvalue weighted by atomic mass is 16.6. The summed E-state index contributed by atoms with van der Waals surface area (Å²) in [6.45, 7) is 4.57. The third-order valence-electron chi connectivity index (χ3n) is 1.96. The van der Waals surface area contributed by atoms with Gasteiger partial charge < -0.3 is 19.1 Å². The maximum absolute atomic E-state index is 11.6. The average molecular weight is 245 g/mol. The fourth-order valence-corrected chi connectivity index (χ4v) is 1.05. The summed E-state index contributed by atoms with van der Waals surface area (Å²) in [5.41, 5.74) is 0. The number of amides is 1. The van der Waals surface area contributed by atoms with Gasteiger partial charge in [-0.25, -0.2) is 4.79 Å². The Hall–Kier alpha value is -1.56. The lowest BCUT2D eigenvalue weighted by molar-refractivity contribution is -0.140. The molecule has 0 aromatic heterocycles. The minimum Gasteiger partial charge on any atom is -0.469 e. The van der Waals surface area contributed by atoms with Gasteiger partial charge in [0.25, 0.3) is 0 Å². The predicted octanol–water partition coefficient (Wildman–Crippen LogP) is 0.820. The first-order valence-electron chi connectivity index (χ1n) is 5.24. The molecule has 0 saturated carbocycles. The van der Waals surface area contributed by atoms with Crippen molar-refractivity contribution in [2.45, 2.75) is 6.42 Å². The highest BCUT2D eigenvalue weighted by molar-refractivity contribution is 5.71. The van der Waals surface area contributed by atoms with E-state index < -0.39 is 6.09 Å². The van der Waals surface area contributed by atoms with Crippen LogP contribution in [0.25, 0.3) is 0 Å². The zero-order valence-corrected chi connectivity index (χ0v) is 10.3. The van der Waals surface area contributed by atoms with Gasteiger partial charge >= 0.3 is 12.1 Å². The molecular formula is C11H19NO5. The largest absolute Gasteiger partial charge is 0.469 e. The number of hydrogen-bond acceptors (Lipinski definition) is 5. The number of methoxy groups -OCH3 is 2. The van der Waals surface area contributed by atoms with Crippen LogP contribution in [0, 0.1) is 0 Å². The molecule has 17 heavy (non-hydrogen) atoms. The zero-order valence-electron chi connectivity index (χ0n) is 10.3. The Labute approximate surface area is 101 Å². The fraction of sp³-hybridized carbons (Fsp3) is 0.636. The van der Waals surface area contributed by atoms with Gasteiger partial charge in [-0.3, -0.25) is 4.79 Å². The first kappa shape index (κ1) is 15.4. The lowest BCUT2D eigenvalue weighted by Gasteiger charge is -2.20. The molecule has 0 atom stereocenters. The molecule has 98 valence electrons. The van der Waals surface area contributed by atoms with E-state index in [0.29, 0.717) is 13.2 Å². The van der Waals surface area contributed by atoms with Crippen LogP contribution in [0.5, 0.6) is 0 Å². The highest BCUT2D eigenvalue weighted by Crippen LogP contribution is 1.98. The van der Waals surface area contributed by atoms with E-state index in [1.54, 1.807) is 0 Å². The number of rotatable bonds is 8. The van der Waals surface area contributed by atoms with Crippen LogP contribution in [0.2, 0.25) is 0 Å². The minimum atomic E-state index is -0.495. The smallest absolute Gasteiger partial charge is 0.410 e. The summed E-state index contributed by atoms with van der Waals surface area (Å²) in [5.74, 6) is -0.371. The van der Waals surface area contributed by atoms with Crippen molar-refractivity contribution in [2.75, 3.05) is 40.5 Å². The van der Waals surface area contributed by atoms with Gasteiger partial charge in [-0.1, -0.05) is 12.7 Å². The van der Waals surface area contributed by atoms with E-state index in [9.17, 15) is 9.59 Å². The maximum Gasteiger partial charge on any atom is 0.410 e. The van der Waals surface area contributed by atoms with Crippen molar-refractivity contribution >= 4 is 12.1 Å². The number of ether oxygens (including phenoxy) is 3.